The molecule has 3 aliphatic carbocycles. The van der Waals surface area contributed by atoms with Crippen molar-refractivity contribution in [1.82, 2.24) is 14.9 Å². The molecule has 4 fully saturated rings. The number of hydrogen-bond acceptors (Lipinski definition) is 5. The van der Waals surface area contributed by atoms with Gasteiger partial charge in [0.05, 0.1) is 5.39 Å². The van der Waals surface area contributed by atoms with E-state index in [1.165, 1.54) is 12.3 Å². The third-order valence-electron chi connectivity index (χ3n) is 6.33. The smallest absolute Gasteiger partial charge is 0.341 e. The van der Waals surface area contributed by atoms with Crippen LogP contribution in [0.1, 0.15) is 36.5 Å². The van der Waals surface area contributed by atoms with E-state index in [2.05, 4.69) is 10.3 Å². The first-order valence-corrected chi connectivity index (χ1v) is 9.36. The largest absolute Gasteiger partial charge is 0.477 e. The zero-order chi connectivity index (χ0) is 18.9. The third kappa shape index (κ3) is 2.32. The fourth-order valence-corrected chi connectivity index (χ4v) is 4.80. The second-order valence-electron chi connectivity index (χ2n) is 8.22. The summed E-state index contributed by atoms with van der Waals surface area (Å²) in [7, 11) is 0. The average molecular weight is 372 g/mol. The van der Waals surface area contributed by atoms with Crippen molar-refractivity contribution >= 4 is 22.8 Å². The summed E-state index contributed by atoms with van der Waals surface area (Å²) >= 11 is 0. The molecule has 7 nitrogen and oxygen atoms in total. The maximum atomic E-state index is 14.9. The fourth-order valence-electron chi connectivity index (χ4n) is 4.80. The van der Waals surface area contributed by atoms with Crippen molar-refractivity contribution in [2.75, 3.05) is 24.5 Å². The van der Waals surface area contributed by atoms with Crippen molar-refractivity contribution in [1.29, 1.82) is 0 Å². The van der Waals surface area contributed by atoms with Gasteiger partial charge in [0.1, 0.15) is 11.2 Å². The summed E-state index contributed by atoms with van der Waals surface area (Å²) in [4.78, 5) is 30.6. The van der Waals surface area contributed by atoms with E-state index in [4.69, 9.17) is 0 Å². The van der Waals surface area contributed by atoms with Crippen molar-refractivity contribution in [3.63, 3.8) is 0 Å². The first-order valence-electron chi connectivity index (χ1n) is 9.36. The Bertz CT molecular complexity index is 1020. The molecule has 0 radical (unpaired) electrons. The Kier molecular flexibility index (Phi) is 3.40. The quantitative estimate of drug-likeness (QED) is 0.850. The van der Waals surface area contributed by atoms with Gasteiger partial charge >= 0.3 is 5.97 Å². The minimum atomic E-state index is -1.29. The highest BCUT2D eigenvalue weighted by molar-refractivity contribution is 5.92. The number of nitrogens with one attached hydrogen (secondary N) is 1. The van der Waals surface area contributed by atoms with Crippen LogP contribution in [0.3, 0.4) is 0 Å². The van der Waals surface area contributed by atoms with Crippen molar-refractivity contribution in [3.05, 3.63) is 33.9 Å². The van der Waals surface area contributed by atoms with Crippen LogP contribution in [0.25, 0.3) is 11.0 Å². The van der Waals surface area contributed by atoms with E-state index in [0.717, 1.165) is 25.8 Å². The van der Waals surface area contributed by atoms with Crippen molar-refractivity contribution in [2.24, 2.45) is 5.92 Å². The molecule has 2 aromatic rings. The minimum Gasteiger partial charge on any atom is -0.477 e. The number of nitrogens with zero attached hydrogens (tertiary/aromatic N) is 3. The summed E-state index contributed by atoms with van der Waals surface area (Å²) in [5.41, 5.74) is -0.769. The van der Waals surface area contributed by atoms with Gasteiger partial charge in [0, 0.05) is 37.4 Å². The molecule has 1 atom stereocenters. The number of piperazine rings is 1. The van der Waals surface area contributed by atoms with Gasteiger partial charge in [0.2, 0.25) is 5.43 Å². The first-order chi connectivity index (χ1) is 12.9. The first kappa shape index (κ1) is 16.7. The van der Waals surface area contributed by atoms with Crippen molar-refractivity contribution in [3.8, 4) is 0 Å². The number of anilines is 1. The van der Waals surface area contributed by atoms with E-state index in [-0.39, 0.29) is 28.3 Å². The number of carbonyl (C=O) groups is 1. The van der Waals surface area contributed by atoms with Gasteiger partial charge in [-0.3, -0.25) is 4.79 Å². The lowest BCUT2D eigenvalue weighted by atomic mass is 9.49. The maximum Gasteiger partial charge on any atom is 0.341 e. The van der Waals surface area contributed by atoms with Gasteiger partial charge in [-0.1, -0.05) is 0 Å². The molecule has 2 aromatic heterocycles. The number of halogens is 1. The Morgan fingerprint density at radius 1 is 1.41 bits per heavy atom. The maximum absolute atomic E-state index is 14.9. The molecule has 6 rings (SSSR count). The molecule has 1 aliphatic heterocycles. The van der Waals surface area contributed by atoms with Crippen LogP contribution >= 0.6 is 0 Å². The summed E-state index contributed by atoms with van der Waals surface area (Å²) in [5.74, 6) is -0.969. The van der Waals surface area contributed by atoms with Crippen LogP contribution in [-0.2, 0) is 5.54 Å². The number of carboxylic acids is 1. The summed E-state index contributed by atoms with van der Waals surface area (Å²) in [6.45, 7) is 4.02. The molecule has 0 aromatic carbocycles. The summed E-state index contributed by atoms with van der Waals surface area (Å²) in [5, 5.41) is 12.8. The predicted octanol–water partition coefficient (Wildman–Crippen LogP) is 1.54. The van der Waals surface area contributed by atoms with Gasteiger partial charge < -0.3 is 19.9 Å². The molecular formula is C19H21FN4O3. The monoisotopic (exact) mass is 372 g/mol. The van der Waals surface area contributed by atoms with Crippen molar-refractivity contribution in [2.45, 2.75) is 37.8 Å². The normalized spacial score (nSPS) is 29.3. The Balaban J connectivity index is 1.73. The molecule has 0 spiro atoms. The van der Waals surface area contributed by atoms with Crippen molar-refractivity contribution < 1.29 is 14.3 Å². The summed E-state index contributed by atoms with van der Waals surface area (Å²) < 4.78 is 16.7. The molecule has 4 aliphatic rings. The fraction of sp³-hybridized carbons (Fsp3) is 0.526. The third-order valence-corrected chi connectivity index (χ3v) is 6.33. The molecule has 8 heteroatoms. The van der Waals surface area contributed by atoms with Crippen LogP contribution in [0.5, 0.6) is 0 Å². The molecule has 1 unspecified atom stereocenters. The lowest BCUT2D eigenvalue weighted by Gasteiger charge is -2.62. The average Bonchev–Trinajstić information content (AvgIpc) is 2.54. The van der Waals surface area contributed by atoms with E-state index in [0.29, 0.717) is 24.7 Å². The lowest BCUT2D eigenvalue weighted by Crippen LogP contribution is -2.59. The molecule has 1 saturated heterocycles. The SMILES string of the molecule is CC1CN(c2nc3c(cc2F)c(=O)c(C(=O)O)cn3C23CC(C2)C3)CCN1. The Morgan fingerprint density at radius 3 is 2.74 bits per heavy atom. The zero-order valence-electron chi connectivity index (χ0n) is 15.0. The van der Waals surface area contributed by atoms with Crippen LogP contribution in [0.2, 0.25) is 0 Å². The molecule has 2 bridgehead atoms. The van der Waals surface area contributed by atoms with Gasteiger partial charge in [0.15, 0.2) is 11.6 Å². The number of aromatic nitrogens is 2. The molecule has 3 saturated carbocycles. The van der Waals surface area contributed by atoms with Gasteiger partial charge in [-0.25, -0.2) is 14.2 Å². The van der Waals surface area contributed by atoms with Crippen LogP contribution in [-0.4, -0.2) is 46.3 Å². The van der Waals surface area contributed by atoms with E-state index < -0.39 is 17.2 Å². The Morgan fingerprint density at radius 2 is 2.15 bits per heavy atom. The molecule has 142 valence electrons. The van der Waals surface area contributed by atoms with Gasteiger partial charge in [-0.15, -0.1) is 0 Å². The second-order valence-corrected chi connectivity index (χ2v) is 8.22. The topological polar surface area (TPSA) is 87.5 Å². The molecule has 0 amide bonds. The minimum absolute atomic E-state index is 0.0454. The van der Waals surface area contributed by atoms with E-state index in [1.807, 2.05) is 16.4 Å². The Hall–Kier alpha value is -2.48. The zero-order valence-corrected chi connectivity index (χ0v) is 15.0. The number of hydrogen-bond donors (Lipinski definition) is 2. The van der Waals surface area contributed by atoms with Crippen LogP contribution in [0.4, 0.5) is 10.2 Å². The van der Waals surface area contributed by atoms with Crippen LogP contribution in [0.15, 0.2) is 17.1 Å². The van der Waals surface area contributed by atoms with E-state index in [9.17, 15) is 19.1 Å². The Labute approximate surface area is 154 Å². The van der Waals surface area contributed by atoms with Crippen LogP contribution < -0.4 is 15.6 Å². The van der Waals surface area contributed by atoms with E-state index >= 15 is 0 Å². The standard InChI is InChI=1S/C19H21FN4O3/c1-10-8-23(3-2-21-10)17-14(20)4-12-15(25)13(18(26)27)9-24(16(12)22-17)19-5-11(6-19)7-19/h4,9-11,21H,2-3,5-8H2,1H3,(H,26,27). The van der Waals surface area contributed by atoms with Gasteiger partial charge in [0.25, 0.3) is 0 Å². The number of carboxylic acid groups (broad SMARTS) is 1. The summed E-state index contributed by atoms with van der Waals surface area (Å²) in [6.07, 6.45) is 4.30. The number of rotatable bonds is 3. The highest BCUT2D eigenvalue weighted by Crippen LogP contribution is 2.62. The predicted molar refractivity (Wildman–Crippen MR) is 97.9 cm³/mol. The highest BCUT2D eigenvalue weighted by Gasteiger charge is 2.58. The number of pyridine rings is 2. The molecular weight excluding hydrogens is 351 g/mol. The number of fused-ring (bicyclic) bond motifs is 1. The highest BCUT2D eigenvalue weighted by atomic mass is 19.1. The van der Waals surface area contributed by atoms with Gasteiger partial charge in [-0.2, -0.15) is 0 Å². The summed E-state index contributed by atoms with van der Waals surface area (Å²) in [6, 6.07) is 1.38. The molecule has 27 heavy (non-hydrogen) atoms. The van der Waals surface area contributed by atoms with E-state index in [1.54, 1.807) is 0 Å². The molecule has 3 heterocycles. The number of aromatic carboxylic acids is 1. The van der Waals surface area contributed by atoms with Gasteiger partial charge in [-0.05, 0) is 38.2 Å². The molecule has 2 N–H and O–H groups in total. The van der Waals surface area contributed by atoms with Crippen LogP contribution in [0, 0.1) is 11.7 Å². The lowest BCUT2D eigenvalue weighted by molar-refractivity contribution is -0.0864. The second kappa shape index (κ2) is 5.51.